The summed E-state index contributed by atoms with van der Waals surface area (Å²) in [5.41, 5.74) is 1.37. The molecule has 0 radical (unpaired) electrons. The number of benzene rings is 3. The minimum absolute atomic E-state index is 0.209. The molecular formula is C24H27NO4. The highest BCUT2D eigenvalue weighted by Gasteiger charge is 2.14. The van der Waals surface area contributed by atoms with Crippen molar-refractivity contribution in [3.8, 4) is 11.5 Å². The largest absolute Gasteiger partial charge is 0.490 e. The summed E-state index contributed by atoms with van der Waals surface area (Å²) >= 11 is 0. The summed E-state index contributed by atoms with van der Waals surface area (Å²) in [6.07, 6.45) is -0.226. The third-order valence-electron chi connectivity index (χ3n) is 4.69. The van der Waals surface area contributed by atoms with Gasteiger partial charge in [0.25, 0.3) is 5.91 Å². The zero-order chi connectivity index (χ0) is 20.6. The minimum Gasteiger partial charge on any atom is -0.490 e. The van der Waals surface area contributed by atoms with Gasteiger partial charge in [-0.1, -0.05) is 42.5 Å². The van der Waals surface area contributed by atoms with Crippen LogP contribution in [0.4, 0.5) is 0 Å². The van der Waals surface area contributed by atoms with E-state index in [1.54, 1.807) is 18.2 Å². The molecule has 0 bridgehead atoms. The third-order valence-corrected chi connectivity index (χ3v) is 4.69. The number of nitrogens with one attached hydrogen (secondary N) is 1. The Balaban J connectivity index is 1.62. The standard InChI is InChI=1S/C24H27NO4/c1-3-28-22-13-12-18(16-23(22)29-4-2)24(27)25-15-14-21(26)20-11-7-9-17-8-5-6-10-19(17)20/h5-13,16,21,26H,3-4,14-15H2,1-2H3,(H,25,27). The first-order valence-corrected chi connectivity index (χ1v) is 9.97. The monoisotopic (exact) mass is 393 g/mol. The summed E-state index contributed by atoms with van der Waals surface area (Å²) in [6, 6.07) is 19.0. The molecule has 0 aliphatic heterocycles. The quantitative estimate of drug-likeness (QED) is 0.562. The summed E-state index contributed by atoms with van der Waals surface area (Å²) in [5.74, 6) is 0.967. The van der Waals surface area contributed by atoms with E-state index in [4.69, 9.17) is 9.47 Å². The Labute approximate surface area is 171 Å². The molecule has 1 atom stereocenters. The second-order valence-corrected chi connectivity index (χ2v) is 6.66. The Morgan fingerprint density at radius 2 is 1.69 bits per heavy atom. The maximum absolute atomic E-state index is 12.5. The van der Waals surface area contributed by atoms with Crippen LogP contribution in [0.3, 0.4) is 0 Å². The summed E-state index contributed by atoms with van der Waals surface area (Å²) < 4.78 is 11.1. The fraction of sp³-hybridized carbons (Fsp3) is 0.292. The van der Waals surface area contributed by atoms with Crippen LogP contribution in [0.25, 0.3) is 10.8 Å². The molecule has 0 aliphatic carbocycles. The van der Waals surface area contributed by atoms with Crippen LogP contribution in [0.2, 0.25) is 0 Å². The fourth-order valence-electron chi connectivity index (χ4n) is 3.31. The molecule has 3 rings (SSSR count). The molecule has 3 aromatic rings. The third kappa shape index (κ3) is 5.06. The highest BCUT2D eigenvalue weighted by Crippen LogP contribution is 2.29. The molecule has 0 saturated carbocycles. The normalized spacial score (nSPS) is 11.8. The van der Waals surface area contributed by atoms with Gasteiger partial charge in [0.15, 0.2) is 11.5 Å². The van der Waals surface area contributed by atoms with Gasteiger partial charge in [0, 0.05) is 12.1 Å². The highest BCUT2D eigenvalue weighted by atomic mass is 16.5. The maximum atomic E-state index is 12.5. The molecule has 5 heteroatoms. The Hall–Kier alpha value is -3.05. The van der Waals surface area contributed by atoms with Gasteiger partial charge in [0.2, 0.25) is 0 Å². The molecular weight excluding hydrogens is 366 g/mol. The first-order valence-electron chi connectivity index (χ1n) is 9.97. The SMILES string of the molecule is CCOc1ccc(C(=O)NCCC(O)c2cccc3ccccc23)cc1OCC. The molecule has 0 spiro atoms. The van der Waals surface area contributed by atoms with Gasteiger partial charge in [-0.3, -0.25) is 4.79 Å². The number of ether oxygens (including phenoxy) is 2. The molecule has 2 N–H and O–H groups in total. The lowest BCUT2D eigenvalue weighted by atomic mass is 9.99. The number of fused-ring (bicyclic) bond motifs is 1. The number of aliphatic hydroxyl groups excluding tert-OH is 1. The molecule has 1 amide bonds. The van der Waals surface area contributed by atoms with E-state index < -0.39 is 6.10 Å². The second-order valence-electron chi connectivity index (χ2n) is 6.66. The molecule has 29 heavy (non-hydrogen) atoms. The van der Waals surface area contributed by atoms with E-state index in [1.165, 1.54) is 0 Å². The zero-order valence-corrected chi connectivity index (χ0v) is 16.9. The van der Waals surface area contributed by atoms with Crippen LogP contribution >= 0.6 is 0 Å². The van der Waals surface area contributed by atoms with Crippen LogP contribution < -0.4 is 14.8 Å². The summed E-state index contributed by atoms with van der Waals surface area (Å²) in [6.45, 7) is 5.16. The minimum atomic E-state index is -0.652. The first kappa shape index (κ1) is 20.7. The smallest absolute Gasteiger partial charge is 0.251 e. The number of carbonyl (C=O) groups excluding carboxylic acids is 1. The van der Waals surface area contributed by atoms with Crippen molar-refractivity contribution >= 4 is 16.7 Å². The van der Waals surface area contributed by atoms with Crippen LogP contribution in [-0.4, -0.2) is 30.8 Å². The molecule has 152 valence electrons. The molecule has 0 saturated heterocycles. The van der Waals surface area contributed by atoms with Crippen LogP contribution in [0.1, 0.15) is 42.3 Å². The molecule has 0 aromatic heterocycles. The summed E-state index contributed by atoms with van der Waals surface area (Å²) in [4.78, 5) is 12.5. The van der Waals surface area contributed by atoms with Gasteiger partial charge < -0.3 is 19.9 Å². The fourth-order valence-corrected chi connectivity index (χ4v) is 3.31. The predicted octanol–water partition coefficient (Wildman–Crippen LogP) is 4.49. The van der Waals surface area contributed by atoms with Crippen molar-refractivity contribution in [1.82, 2.24) is 5.32 Å². The van der Waals surface area contributed by atoms with Crippen molar-refractivity contribution in [1.29, 1.82) is 0 Å². The van der Waals surface area contributed by atoms with Crippen molar-refractivity contribution in [3.63, 3.8) is 0 Å². The van der Waals surface area contributed by atoms with Gasteiger partial charge in [0.1, 0.15) is 0 Å². The Bertz CT molecular complexity index is 965. The average molecular weight is 393 g/mol. The van der Waals surface area contributed by atoms with Crippen LogP contribution in [0.5, 0.6) is 11.5 Å². The first-order chi connectivity index (χ1) is 14.1. The molecule has 0 fully saturated rings. The second kappa shape index (κ2) is 9.94. The number of amides is 1. The Morgan fingerprint density at radius 1 is 0.966 bits per heavy atom. The lowest BCUT2D eigenvalue weighted by molar-refractivity contribution is 0.0942. The van der Waals surface area contributed by atoms with Crippen molar-refractivity contribution in [2.75, 3.05) is 19.8 Å². The number of aliphatic hydroxyl groups is 1. The molecule has 0 aliphatic rings. The number of rotatable bonds is 9. The summed E-state index contributed by atoms with van der Waals surface area (Å²) in [5, 5.41) is 15.6. The zero-order valence-electron chi connectivity index (χ0n) is 16.9. The van der Waals surface area contributed by atoms with Gasteiger partial charge in [-0.05, 0) is 54.8 Å². The van der Waals surface area contributed by atoms with Crippen molar-refractivity contribution in [2.24, 2.45) is 0 Å². The number of hydrogen-bond donors (Lipinski definition) is 2. The van der Waals surface area contributed by atoms with Crippen molar-refractivity contribution in [3.05, 3.63) is 71.8 Å². The highest BCUT2D eigenvalue weighted by molar-refractivity contribution is 5.94. The Morgan fingerprint density at radius 3 is 2.48 bits per heavy atom. The topological polar surface area (TPSA) is 67.8 Å². The van der Waals surface area contributed by atoms with Gasteiger partial charge >= 0.3 is 0 Å². The molecule has 5 nitrogen and oxygen atoms in total. The Kier molecular flexibility index (Phi) is 7.09. The lowest BCUT2D eigenvalue weighted by Gasteiger charge is -2.15. The van der Waals surface area contributed by atoms with E-state index in [1.807, 2.05) is 56.3 Å². The van der Waals surface area contributed by atoms with Gasteiger partial charge in [0.05, 0.1) is 19.3 Å². The van der Waals surface area contributed by atoms with Gasteiger partial charge in [-0.25, -0.2) is 0 Å². The number of hydrogen-bond acceptors (Lipinski definition) is 4. The van der Waals surface area contributed by atoms with Crippen LogP contribution in [0.15, 0.2) is 60.7 Å². The van der Waals surface area contributed by atoms with E-state index in [0.717, 1.165) is 16.3 Å². The average Bonchev–Trinajstić information content (AvgIpc) is 2.74. The summed E-state index contributed by atoms with van der Waals surface area (Å²) in [7, 11) is 0. The van der Waals surface area contributed by atoms with E-state index in [-0.39, 0.29) is 5.91 Å². The lowest BCUT2D eigenvalue weighted by Crippen LogP contribution is -2.25. The molecule has 3 aromatic carbocycles. The predicted molar refractivity (Wildman–Crippen MR) is 115 cm³/mol. The van der Waals surface area contributed by atoms with Gasteiger partial charge in [-0.2, -0.15) is 0 Å². The van der Waals surface area contributed by atoms with Crippen LogP contribution in [0, 0.1) is 0 Å². The van der Waals surface area contributed by atoms with Crippen LogP contribution in [-0.2, 0) is 0 Å². The van der Waals surface area contributed by atoms with Crippen molar-refractivity contribution < 1.29 is 19.4 Å². The molecule has 1 unspecified atom stereocenters. The van der Waals surface area contributed by atoms with E-state index in [9.17, 15) is 9.90 Å². The van der Waals surface area contributed by atoms with Gasteiger partial charge in [-0.15, -0.1) is 0 Å². The number of carbonyl (C=O) groups is 1. The maximum Gasteiger partial charge on any atom is 0.251 e. The molecule has 0 heterocycles. The van der Waals surface area contributed by atoms with Crippen molar-refractivity contribution in [2.45, 2.75) is 26.4 Å². The van der Waals surface area contributed by atoms with E-state index >= 15 is 0 Å². The van der Waals surface area contributed by atoms with E-state index in [2.05, 4.69) is 5.32 Å². The van der Waals surface area contributed by atoms with E-state index in [0.29, 0.717) is 43.2 Å².